The fourth-order valence-corrected chi connectivity index (χ4v) is 1.65. The van der Waals surface area contributed by atoms with Crippen LogP contribution in [-0.4, -0.2) is 42.5 Å². The Labute approximate surface area is 88.0 Å². The SMILES string of the molecule is CCN1[CH]N(CC[NH+](CC)CC)C=C1. The molecular weight excluding hydrogens is 174 g/mol. The molecule has 0 saturated heterocycles. The lowest BCUT2D eigenvalue weighted by atomic mass is 10.4. The molecule has 3 nitrogen and oxygen atoms in total. The van der Waals surface area contributed by atoms with Gasteiger partial charge in [0.25, 0.3) is 0 Å². The molecule has 14 heavy (non-hydrogen) atoms. The van der Waals surface area contributed by atoms with Crippen LogP contribution in [0.4, 0.5) is 0 Å². The van der Waals surface area contributed by atoms with Crippen molar-refractivity contribution in [3.8, 4) is 0 Å². The summed E-state index contributed by atoms with van der Waals surface area (Å²) in [6.45, 7) is 14.7. The third-order valence-electron chi connectivity index (χ3n) is 2.83. The molecule has 0 aromatic carbocycles. The average molecular weight is 197 g/mol. The highest BCUT2D eigenvalue weighted by Gasteiger charge is 2.12. The van der Waals surface area contributed by atoms with Crippen molar-refractivity contribution in [2.24, 2.45) is 0 Å². The summed E-state index contributed by atoms with van der Waals surface area (Å²) < 4.78 is 0. The van der Waals surface area contributed by atoms with E-state index in [-0.39, 0.29) is 0 Å². The van der Waals surface area contributed by atoms with Crippen LogP contribution in [0.3, 0.4) is 0 Å². The van der Waals surface area contributed by atoms with Gasteiger partial charge in [0.15, 0.2) is 0 Å². The van der Waals surface area contributed by atoms with Crippen molar-refractivity contribution in [1.29, 1.82) is 0 Å². The number of rotatable bonds is 6. The maximum atomic E-state index is 2.27. The molecule has 81 valence electrons. The van der Waals surface area contributed by atoms with E-state index in [0.717, 1.165) is 13.1 Å². The van der Waals surface area contributed by atoms with E-state index in [9.17, 15) is 0 Å². The molecule has 0 unspecified atom stereocenters. The van der Waals surface area contributed by atoms with Crippen molar-refractivity contribution in [1.82, 2.24) is 9.80 Å². The molecule has 0 aromatic rings. The first-order valence-corrected chi connectivity index (χ1v) is 5.68. The number of nitrogens with zero attached hydrogens (tertiary/aromatic N) is 2. The van der Waals surface area contributed by atoms with Crippen LogP contribution in [0.2, 0.25) is 0 Å². The van der Waals surface area contributed by atoms with E-state index in [1.54, 1.807) is 4.90 Å². The predicted molar refractivity (Wildman–Crippen MR) is 59.4 cm³/mol. The van der Waals surface area contributed by atoms with Crippen molar-refractivity contribution in [2.45, 2.75) is 20.8 Å². The smallest absolute Gasteiger partial charge is 0.141 e. The number of hydrogen-bond acceptors (Lipinski definition) is 2. The third kappa shape index (κ3) is 3.22. The molecular formula is C11H23N3+. The van der Waals surface area contributed by atoms with E-state index in [0.29, 0.717) is 0 Å². The number of likely N-dealkylation sites (N-methyl/N-ethyl adjacent to an activating group) is 1. The zero-order chi connectivity index (χ0) is 10.4. The summed E-state index contributed by atoms with van der Waals surface area (Å²) in [6.07, 6.45) is 4.30. The first kappa shape index (κ1) is 11.4. The predicted octanol–water partition coefficient (Wildman–Crippen LogP) is 0.139. The molecule has 1 aliphatic heterocycles. The van der Waals surface area contributed by atoms with Gasteiger partial charge in [0.1, 0.15) is 6.67 Å². The fourth-order valence-electron chi connectivity index (χ4n) is 1.65. The van der Waals surface area contributed by atoms with Gasteiger partial charge in [-0.3, -0.25) is 0 Å². The largest absolute Gasteiger partial charge is 0.353 e. The van der Waals surface area contributed by atoms with E-state index in [1.807, 2.05) is 0 Å². The summed E-state index contributed by atoms with van der Waals surface area (Å²) in [5.74, 6) is 0. The Morgan fingerprint density at radius 1 is 1.00 bits per heavy atom. The molecule has 0 fully saturated rings. The molecule has 1 heterocycles. The van der Waals surface area contributed by atoms with Crippen molar-refractivity contribution in [2.75, 3.05) is 32.7 Å². The van der Waals surface area contributed by atoms with Crippen LogP contribution in [0.5, 0.6) is 0 Å². The van der Waals surface area contributed by atoms with Gasteiger partial charge in [-0.1, -0.05) is 0 Å². The van der Waals surface area contributed by atoms with Gasteiger partial charge in [-0.2, -0.15) is 0 Å². The van der Waals surface area contributed by atoms with Crippen LogP contribution in [-0.2, 0) is 0 Å². The molecule has 0 bridgehead atoms. The minimum atomic E-state index is 1.06. The summed E-state index contributed by atoms with van der Waals surface area (Å²) in [5, 5.41) is 0. The van der Waals surface area contributed by atoms with Gasteiger partial charge in [0, 0.05) is 18.9 Å². The molecule has 1 N–H and O–H groups in total. The second kappa shape index (κ2) is 5.91. The molecule has 1 radical (unpaired) electrons. The normalized spacial score (nSPS) is 16.0. The highest BCUT2D eigenvalue weighted by molar-refractivity contribution is 4.96. The van der Waals surface area contributed by atoms with Gasteiger partial charge in [0.2, 0.25) is 0 Å². The Hall–Kier alpha value is -0.700. The molecule has 0 amide bonds. The second-order valence-corrected chi connectivity index (χ2v) is 3.69. The van der Waals surface area contributed by atoms with E-state index in [1.165, 1.54) is 19.6 Å². The fraction of sp³-hybridized carbons (Fsp3) is 0.727. The van der Waals surface area contributed by atoms with Gasteiger partial charge in [-0.25, -0.2) is 0 Å². The molecule has 1 rings (SSSR count). The van der Waals surface area contributed by atoms with E-state index < -0.39 is 0 Å². The zero-order valence-electron chi connectivity index (χ0n) is 9.66. The number of hydrogen-bond donors (Lipinski definition) is 1. The van der Waals surface area contributed by atoms with E-state index in [2.05, 4.69) is 49.6 Å². The van der Waals surface area contributed by atoms with Crippen molar-refractivity contribution >= 4 is 0 Å². The van der Waals surface area contributed by atoms with Crippen molar-refractivity contribution in [3.05, 3.63) is 19.1 Å². The van der Waals surface area contributed by atoms with Crippen molar-refractivity contribution in [3.63, 3.8) is 0 Å². The Morgan fingerprint density at radius 3 is 2.14 bits per heavy atom. The van der Waals surface area contributed by atoms with E-state index >= 15 is 0 Å². The van der Waals surface area contributed by atoms with Gasteiger partial charge >= 0.3 is 0 Å². The summed E-state index contributed by atoms with van der Waals surface area (Å²) in [5.41, 5.74) is 0. The first-order chi connectivity index (χ1) is 6.80. The summed E-state index contributed by atoms with van der Waals surface area (Å²) in [4.78, 5) is 6.15. The minimum Gasteiger partial charge on any atom is -0.353 e. The van der Waals surface area contributed by atoms with Crippen LogP contribution >= 0.6 is 0 Å². The van der Waals surface area contributed by atoms with Crippen LogP contribution in [0.15, 0.2) is 12.4 Å². The highest BCUT2D eigenvalue weighted by Crippen LogP contribution is 2.08. The molecule has 0 saturated carbocycles. The standard InChI is InChI=1S/C11H22N3/c1-4-12(5-2)7-9-14-10-8-13(6-3)11-14/h8,10-11H,4-7,9H2,1-3H3/p+1. The molecule has 0 aliphatic carbocycles. The van der Waals surface area contributed by atoms with Crippen LogP contribution in [0.1, 0.15) is 20.8 Å². The quantitative estimate of drug-likeness (QED) is 0.649. The zero-order valence-corrected chi connectivity index (χ0v) is 9.66. The maximum absolute atomic E-state index is 2.27. The topological polar surface area (TPSA) is 10.9 Å². The summed E-state index contributed by atoms with van der Waals surface area (Å²) in [7, 11) is 0. The molecule has 0 spiro atoms. The summed E-state index contributed by atoms with van der Waals surface area (Å²) in [6, 6.07) is 0. The van der Waals surface area contributed by atoms with Crippen LogP contribution < -0.4 is 4.90 Å². The highest BCUT2D eigenvalue weighted by atomic mass is 15.3. The van der Waals surface area contributed by atoms with Gasteiger partial charge < -0.3 is 14.7 Å². The lowest BCUT2D eigenvalue weighted by molar-refractivity contribution is -0.895. The van der Waals surface area contributed by atoms with Crippen molar-refractivity contribution < 1.29 is 4.90 Å². The second-order valence-electron chi connectivity index (χ2n) is 3.69. The maximum Gasteiger partial charge on any atom is 0.141 e. The van der Waals surface area contributed by atoms with Gasteiger partial charge in [-0.05, 0) is 20.8 Å². The Bertz CT molecular complexity index is 175. The van der Waals surface area contributed by atoms with Gasteiger partial charge in [-0.15, -0.1) is 0 Å². The third-order valence-corrected chi connectivity index (χ3v) is 2.83. The van der Waals surface area contributed by atoms with E-state index in [4.69, 9.17) is 0 Å². The number of quaternary nitrogens is 1. The monoisotopic (exact) mass is 197 g/mol. The number of nitrogens with one attached hydrogen (secondary N) is 1. The first-order valence-electron chi connectivity index (χ1n) is 5.68. The summed E-state index contributed by atoms with van der Waals surface area (Å²) >= 11 is 0. The molecule has 1 aliphatic rings. The van der Waals surface area contributed by atoms with Crippen LogP contribution in [0, 0.1) is 6.67 Å². The molecule has 3 heteroatoms. The lowest BCUT2D eigenvalue weighted by Crippen LogP contribution is -3.12. The minimum absolute atomic E-state index is 1.06. The Morgan fingerprint density at radius 2 is 1.64 bits per heavy atom. The molecule has 0 atom stereocenters. The Kier molecular flexibility index (Phi) is 4.80. The lowest BCUT2D eigenvalue weighted by Gasteiger charge is -2.21. The Balaban J connectivity index is 2.17. The average Bonchev–Trinajstić information content (AvgIpc) is 2.67. The van der Waals surface area contributed by atoms with Gasteiger partial charge in [0.05, 0.1) is 26.2 Å². The molecule has 0 aromatic heterocycles. The van der Waals surface area contributed by atoms with Crippen LogP contribution in [0.25, 0.3) is 0 Å².